The van der Waals surface area contributed by atoms with Gasteiger partial charge in [0, 0.05) is 17.5 Å². The number of para-hydroxylation sites is 1. The van der Waals surface area contributed by atoms with Gasteiger partial charge >= 0.3 is 0 Å². The average Bonchev–Trinajstić information content (AvgIpc) is 3.44. The largest absolute Gasteiger partial charge is 0.451 e. The average molecular weight is 399 g/mol. The number of aryl methyl sites for hydroxylation is 1. The Morgan fingerprint density at radius 2 is 1.97 bits per heavy atom. The van der Waals surface area contributed by atoms with Gasteiger partial charge in [0.1, 0.15) is 5.58 Å². The minimum absolute atomic E-state index is 0.0212. The Balaban J connectivity index is 1.48. The molecule has 6 nitrogen and oxygen atoms in total. The summed E-state index contributed by atoms with van der Waals surface area (Å²) in [5, 5.41) is 7.29. The first-order valence-corrected chi connectivity index (χ1v) is 10.7. The second-order valence-electron chi connectivity index (χ2n) is 8.50. The van der Waals surface area contributed by atoms with Crippen molar-refractivity contribution in [2.75, 3.05) is 13.2 Å². The Bertz CT molecular complexity index is 897. The first-order chi connectivity index (χ1) is 14.0. The van der Waals surface area contributed by atoms with Gasteiger partial charge in [0.15, 0.2) is 5.76 Å². The van der Waals surface area contributed by atoms with E-state index in [1.165, 1.54) is 0 Å². The first-order valence-electron chi connectivity index (χ1n) is 10.7. The molecule has 2 aromatic rings. The lowest BCUT2D eigenvalue weighted by Crippen LogP contribution is -2.54. The van der Waals surface area contributed by atoms with E-state index in [4.69, 9.17) is 9.15 Å². The molecule has 29 heavy (non-hydrogen) atoms. The van der Waals surface area contributed by atoms with Crippen LogP contribution in [0.15, 0.2) is 28.7 Å². The lowest BCUT2D eigenvalue weighted by atomic mass is 9.96. The maximum absolute atomic E-state index is 13.2. The van der Waals surface area contributed by atoms with Gasteiger partial charge < -0.3 is 19.8 Å². The Kier molecular flexibility index (Phi) is 5.63. The third-order valence-corrected chi connectivity index (χ3v) is 6.37. The second kappa shape index (κ2) is 8.19. The molecule has 1 saturated heterocycles. The molecule has 2 aliphatic rings. The summed E-state index contributed by atoms with van der Waals surface area (Å²) in [4.78, 5) is 25.7. The number of carbonyl (C=O) groups excluding carboxylic acids is 2. The molecule has 1 aromatic carbocycles. The summed E-state index contributed by atoms with van der Waals surface area (Å²) in [6.45, 7) is 4.95. The van der Waals surface area contributed by atoms with Crippen LogP contribution in [0.2, 0.25) is 0 Å². The lowest BCUT2D eigenvalue weighted by Gasteiger charge is -2.31. The van der Waals surface area contributed by atoms with E-state index in [2.05, 4.69) is 10.6 Å². The minimum atomic E-state index is -0.415. The summed E-state index contributed by atoms with van der Waals surface area (Å²) in [6, 6.07) is 7.75. The van der Waals surface area contributed by atoms with Gasteiger partial charge in [-0.15, -0.1) is 0 Å². The predicted molar refractivity (Wildman–Crippen MR) is 111 cm³/mol. The molecule has 2 heterocycles. The van der Waals surface area contributed by atoms with Crippen molar-refractivity contribution in [2.45, 2.75) is 64.0 Å². The topological polar surface area (TPSA) is 80.6 Å². The van der Waals surface area contributed by atoms with Crippen molar-refractivity contribution in [1.29, 1.82) is 0 Å². The zero-order valence-electron chi connectivity index (χ0n) is 17.3. The Morgan fingerprint density at radius 3 is 2.66 bits per heavy atom. The van der Waals surface area contributed by atoms with E-state index in [-0.39, 0.29) is 23.8 Å². The number of hydrogen-bond donors (Lipinski definition) is 2. The highest BCUT2D eigenvalue weighted by molar-refractivity contribution is 5.99. The van der Waals surface area contributed by atoms with E-state index in [1.807, 2.05) is 38.1 Å². The molecule has 1 aliphatic heterocycles. The lowest BCUT2D eigenvalue weighted by molar-refractivity contribution is -0.125. The first kappa shape index (κ1) is 20.0. The van der Waals surface area contributed by atoms with Crippen LogP contribution < -0.4 is 10.6 Å². The highest BCUT2D eigenvalue weighted by Crippen LogP contribution is 2.32. The third-order valence-electron chi connectivity index (χ3n) is 6.37. The van der Waals surface area contributed by atoms with Crippen molar-refractivity contribution in [3.05, 3.63) is 35.6 Å². The normalized spacial score (nSPS) is 23.4. The molecule has 0 radical (unpaired) electrons. The molecule has 4 rings (SSSR count). The molecule has 2 N–H and O–H groups in total. The van der Waals surface area contributed by atoms with Crippen molar-refractivity contribution in [3.8, 4) is 0 Å². The number of ether oxygens (including phenoxy) is 1. The van der Waals surface area contributed by atoms with Gasteiger partial charge in [-0.3, -0.25) is 9.59 Å². The highest BCUT2D eigenvalue weighted by atomic mass is 16.5. The summed E-state index contributed by atoms with van der Waals surface area (Å²) in [7, 11) is 0. The predicted octanol–water partition coefficient (Wildman–Crippen LogP) is 3.58. The molecule has 156 valence electrons. The fraction of sp³-hybridized carbons (Fsp3) is 0.565. The van der Waals surface area contributed by atoms with E-state index in [9.17, 15) is 9.59 Å². The number of furan rings is 1. The van der Waals surface area contributed by atoms with Gasteiger partial charge in [0.2, 0.25) is 5.91 Å². The zero-order chi connectivity index (χ0) is 20.4. The van der Waals surface area contributed by atoms with Gasteiger partial charge in [-0.25, -0.2) is 0 Å². The fourth-order valence-corrected chi connectivity index (χ4v) is 4.73. The molecule has 2 atom stereocenters. The number of rotatable bonds is 6. The number of fused-ring (bicyclic) bond motifs is 1. The van der Waals surface area contributed by atoms with Crippen LogP contribution in [-0.4, -0.2) is 36.6 Å². The number of amides is 2. The van der Waals surface area contributed by atoms with Crippen molar-refractivity contribution >= 4 is 22.8 Å². The van der Waals surface area contributed by atoms with Crippen LogP contribution in [0.1, 0.15) is 62.1 Å². The third kappa shape index (κ3) is 4.04. The van der Waals surface area contributed by atoms with Crippen LogP contribution >= 0.6 is 0 Å². The number of hydrogen-bond acceptors (Lipinski definition) is 4. The van der Waals surface area contributed by atoms with Crippen molar-refractivity contribution in [3.63, 3.8) is 0 Å². The molecular formula is C23H30N2O4. The Morgan fingerprint density at radius 1 is 1.21 bits per heavy atom. The van der Waals surface area contributed by atoms with Crippen LogP contribution in [0.3, 0.4) is 0 Å². The standard InChI is InChI=1S/C23H30N2O4/c1-3-17-18-8-4-5-9-19(18)29-20(17)22(27)25-23(10-6-7-11-23)14-24-21(26)16-12-15(2)28-13-16/h4-5,8-9,15-16H,3,6-7,10-14H2,1-2H3,(H,24,26)(H,25,27). The Labute approximate surface area is 171 Å². The number of benzene rings is 1. The second-order valence-corrected chi connectivity index (χ2v) is 8.50. The molecule has 2 unspecified atom stereocenters. The monoisotopic (exact) mass is 398 g/mol. The number of nitrogens with one attached hydrogen (secondary N) is 2. The molecule has 0 bridgehead atoms. The highest BCUT2D eigenvalue weighted by Gasteiger charge is 2.38. The van der Waals surface area contributed by atoms with Crippen LogP contribution in [0.5, 0.6) is 0 Å². The zero-order valence-corrected chi connectivity index (χ0v) is 17.3. The van der Waals surface area contributed by atoms with Crippen LogP contribution in [0.25, 0.3) is 11.0 Å². The smallest absolute Gasteiger partial charge is 0.287 e. The molecule has 2 fully saturated rings. The van der Waals surface area contributed by atoms with Crippen molar-refractivity contribution < 1.29 is 18.7 Å². The van der Waals surface area contributed by atoms with Gasteiger partial charge in [0.05, 0.1) is 24.2 Å². The van der Waals surface area contributed by atoms with Gasteiger partial charge in [-0.2, -0.15) is 0 Å². The van der Waals surface area contributed by atoms with Gasteiger partial charge in [0.25, 0.3) is 5.91 Å². The van der Waals surface area contributed by atoms with Crippen molar-refractivity contribution in [1.82, 2.24) is 10.6 Å². The molecule has 1 saturated carbocycles. The van der Waals surface area contributed by atoms with Crippen LogP contribution in [0, 0.1) is 5.92 Å². The summed E-state index contributed by atoms with van der Waals surface area (Å²) < 4.78 is 11.4. The van der Waals surface area contributed by atoms with Gasteiger partial charge in [-0.1, -0.05) is 38.0 Å². The molecular weight excluding hydrogens is 368 g/mol. The van der Waals surface area contributed by atoms with Crippen LogP contribution in [-0.2, 0) is 16.0 Å². The van der Waals surface area contributed by atoms with E-state index in [0.717, 1.165) is 55.1 Å². The molecule has 1 aliphatic carbocycles. The van der Waals surface area contributed by atoms with E-state index in [0.29, 0.717) is 18.9 Å². The Hall–Kier alpha value is -2.34. The summed E-state index contributed by atoms with van der Waals surface area (Å²) in [5.41, 5.74) is 1.26. The quantitative estimate of drug-likeness (QED) is 0.779. The van der Waals surface area contributed by atoms with Crippen molar-refractivity contribution in [2.24, 2.45) is 5.92 Å². The molecule has 0 spiro atoms. The molecule has 1 aromatic heterocycles. The van der Waals surface area contributed by atoms with E-state index < -0.39 is 5.54 Å². The van der Waals surface area contributed by atoms with E-state index >= 15 is 0 Å². The molecule has 2 amide bonds. The van der Waals surface area contributed by atoms with Crippen LogP contribution in [0.4, 0.5) is 0 Å². The molecule has 6 heteroatoms. The summed E-state index contributed by atoms with van der Waals surface area (Å²) in [6.07, 6.45) is 5.41. The maximum atomic E-state index is 13.2. The minimum Gasteiger partial charge on any atom is -0.451 e. The maximum Gasteiger partial charge on any atom is 0.287 e. The SMILES string of the molecule is CCc1c(C(=O)NC2(CNC(=O)C3COC(C)C3)CCCC2)oc2ccccc12. The summed E-state index contributed by atoms with van der Waals surface area (Å²) >= 11 is 0. The summed E-state index contributed by atoms with van der Waals surface area (Å²) in [5.74, 6) is 0.130. The number of carbonyl (C=O) groups is 2. The fourth-order valence-electron chi connectivity index (χ4n) is 4.73. The van der Waals surface area contributed by atoms with Gasteiger partial charge in [-0.05, 0) is 38.7 Å². The van der Waals surface area contributed by atoms with E-state index in [1.54, 1.807) is 0 Å².